The third-order valence-corrected chi connectivity index (χ3v) is 3.88. The normalized spacial score (nSPS) is 10.1. The molecule has 0 unspecified atom stereocenters. The first kappa shape index (κ1) is 18.1. The first-order valence-electron chi connectivity index (χ1n) is 8.49. The van der Waals surface area contributed by atoms with Gasteiger partial charge < -0.3 is 16.0 Å². The number of carbonyl (C=O) groups excluding carboxylic acids is 2. The lowest BCUT2D eigenvalue weighted by molar-refractivity contribution is -0.114. The van der Waals surface area contributed by atoms with Crippen LogP contribution in [0.4, 0.5) is 22.7 Å². The molecule has 0 aliphatic rings. The summed E-state index contributed by atoms with van der Waals surface area (Å²) in [6.07, 6.45) is 1.59. The monoisotopic (exact) mass is 360 g/mol. The minimum atomic E-state index is -0.310. The molecule has 0 fully saturated rings. The third-order valence-electron chi connectivity index (χ3n) is 3.88. The van der Waals surface area contributed by atoms with Crippen molar-refractivity contribution in [2.45, 2.75) is 13.8 Å². The van der Waals surface area contributed by atoms with E-state index in [0.29, 0.717) is 17.1 Å². The Kier molecular flexibility index (Phi) is 5.47. The Balaban J connectivity index is 1.70. The molecule has 0 atom stereocenters. The van der Waals surface area contributed by atoms with Gasteiger partial charge in [-0.3, -0.25) is 14.6 Å². The maximum Gasteiger partial charge on any atom is 0.274 e. The number of amides is 2. The molecule has 6 nitrogen and oxygen atoms in total. The zero-order chi connectivity index (χ0) is 19.2. The van der Waals surface area contributed by atoms with Gasteiger partial charge in [0, 0.05) is 35.9 Å². The van der Waals surface area contributed by atoms with E-state index in [1.807, 2.05) is 37.3 Å². The smallest absolute Gasteiger partial charge is 0.274 e. The molecular weight excluding hydrogens is 340 g/mol. The van der Waals surface area contributed by atoms with Gasteiger partial charge in [-0.1, -0.05) is 18.2 Å². The Labute approximate surface area is 157 Å². The second-order valence-corrected chi connectivity index (χ2v) is 6.08. The molecule has 3 aromatic rings. The number of nitrogens with zero attached hydrogens (tertiary/aromatic N) is 1. The molecule has 2 aromatic carbocycles. The minimum Gasteiger partial charge on any atom is -0.355 e. The van der Waals surface area contributed by atoms with Crippen LogP contribution in [0.3, 0.4) is 0 Å². The second-order valence-electron chi connectivity index (χ2n) is 6.08. The highest BCUT2D eigenvalue weighted by Gasteiger charge is 2.09. The van der Waals surface area contributed by atoms with Gasteiger partial charge in [-0.25, -0.2) is 0 Å². The Hall–Kier alpha value is -3.67. The van der Waals surface area contributed by atoms with E-state index in [2.05, 4.69) is 20.9 Å². The maximum atomic E-state index is 12.5. The summed E-state index contributed by atoms with van der Waals surface area (Å²) in [6, 6.07) is 18.3. The number of hydrogen-bond acceptors (Lipinski definition) is 4. The largest absolute Gasteiger partial charge is 0.355 e. The first-order valence-corrected chi connectivity index (χ1v) is 8.49. The summed E-state index contributed by atoms with van der Waals surface area (Å²) in [5, 5.41) is 8.78. The number of hydrogen-bond donors (Lipinski definition) is 3. The predicted octanol–water partition coefficient (Wildman–Crippen LogP) is 4.34. The van der Waals surface area contributed by atoms with Crippen molar-refractivity contribution in [1.82, 2.24) is 4.98 Å². The van der Waals surface area contributed by atoms with Crippen LogP contribution in [-0.2, 0) is 4.79 Å². The standard InChI is InChI=1S/C21H20N4O2/c1-14-5-3-4-6-19(14)24-18-11-12-22-20(13-18)21(27)25-17-9-7-16(8-10-17)23-15(2)26/h3-13H,1-2H3,(H,22,24)(H,23,26)(H,25,27). The molecule has 0 aliphatic heterocycles. The van der Waals surface area contributed by atoms with Gasteiger partial charge in [-0.05, 0) is 55.0 Å². The Bertz CT molecular complexity index is 968. The summed E-state index contributed by atoms with van der Waals surface area (Å²) in [7, 11) is 0. The van der Waals surface area contributed by atoms with Crippen LogP contribution < -0.4 is 16.0 Å². The van der Waals surface area contributed by atoms with E-state index < -0.39 is 0 Å². The van der Waals surface area contributed by atoms with E-state index in [9.17, 15) is 9.59 Å². The molecule has 2 amide bonds. The molecule has 0 spiro atoms. The van der Waals surface area contributed by atoms with Crippen LogP contribution in [0.2, 0.25) is 0 Å². The summed E-state index contributed by atoms with van der Waals surface area (Å²) < 4.78 is 0. The SMILES string of the molecule is CC(=O)Nc1ccc(NC(=O)c2cc(Nc3ccccc3C)ccn2)cc1. The number of pyridine rings is 1. The highest BCUT2D eigenvalue weighted by atomic mass is 16.2. The fraction of sp³-hybridized carbons (Fsp3) is 0.0952. The number of aromatic nitrogens is 1. The number of aryl methyl sites for hydroxylation is 1. The molecule has 3 rings (SSSR count). The summed E-state index contributed by atoms with van der Waals surface area (Å²) in [5.41, 5.74) is 4.46. The van der Waals surface area contributed by atoms with E-state index >= 15 is 0 Å². The molecule has 1 aromatic heterocycles. The summed E-state index contributed by atoms with van der Waals surface area (Å²) in [4.78, 5) is 27.7. The summed E-state index contributed by atoms with van der Waals surface area (Å²) in [6.45, 7) is 3.46. The molecule has 3 N–H and O–H groups in total. The summed E-state index contributed by atoms with van der Waals surface area (Å²) >= 11 is 0. The van der Waals surface area contributed by atoms with Gasteiger partial charge in [-0.15, -0.1) is 0 Å². The molecule has 136 valence electrons. The number of para-hydroxylation sites is 1. The fourth-order valence-corrected chi connectivity index (χ4v) is 2.54. The van der Waals surface area contributed by atoms with E-state index in [-0.39, 0.29) is 11.8 Å². The van der Waals surface area contributed by atoms with Crippen molar-refractivity contribution in [2.75, 3.05) is 16.0 Å². The van der Waals surface area contributed by atoms with E-state index in [1.165, 1.54) is 6.92 Å². The molecule has 0 aliphatic carbocycles. The lowest BCUT2D eigenvalue weighted by Gasteiger charge is -2.11. The van der Waals surface area contributed by atoms with Crippen molar-refractivity contribution < 1.29 is 9.59 Å². The fourth-order valence-electron chi connectivity index (χ4n) is 2.54. The van der Waals surface area contributed by atoms with Crippen LogP contribution in [0, 0.1) is 6.92 Å². The quantitative estimate of drug-likeness (QED) is 0.632. The molecule has 0 radical (unpaired) electrons. The average Bonchev–Trinajstić information content (AvgIpc) is 2.65. The van der Waals surface area contributed by atoms with Gasteiger partial charge in [-0.2, -0.15) is 0 Å². The van der Waals surface area contributed by atoms with Crippen LogP contribution >= 0.6 is 0 Å². The molecule has 0 bridgehead atoms. The minimum absolute atomic E-state index is 0.144. The second kappa shape index (κ2) is 8.14. The third kappa shape index (κ3) is 4.92. The highest BCUT2D eigenvalue weighted by molar-refractivity contribution is 6.03. The van der Waals surface area contributed by atoms with Gasteiger partial charge in [0.05, 0.1) is 0 Å². The van der Waals surface area contributed by atoms with Crippen LogP contribution in [0.5, 0.6) is 0 Å². The molecule has 1 heterocycles. The van der Waals surface area contributed by atoms with E-state index in [4.69, 9.17) is 0 Å². The predicted molar refractivity (Wildman–Crippen MR) is 107 cm³/mol. The van der Waals surface area contributed by atoms with E-state index in [1.54, 1.807) is 36.5 Å². The molecule has 6 heteroatoms. The van der Waals surface area contributed by atoms with Crippen molar-refractivity contribution in [3.8, 4) is 0 Å². The Morgan fingerprint density at radius 1 is 0.852 bits per heavy atom. The Morgan fingerprint density at radius 2 is 1.52 bits per heavy atom. The zero-order valence-corrected chi connectivity index (χ0v) is 15.1. The van der Waals surface area contributed by atoms with Crippen molar-refractivity contribution in [2.24, 2.45) is 0 Å². The van der Waals surface area contributed by atoms with Gasteiger partial charge >= 0.3 is 0 Å². The topological polar surface area (TPSA) is 83.1 Å². The summed E-state index contributed by atoms with van der Waals surface area (Å²) in [5.74, 6) is -0.454. The van der Waals surface area contributed by atoms with E-state index in [0.717, 1.165) is 16.9 Å². The van der Waals surface area contributed by atoms with Crippen molar-refractivity contribution in [3.05, 3.63) is 78.1 Å². The number of rotatable bonds is 5. The number of carbonyl (C=O) groups is 2. The van der Waals surface area contributed by atoms with Gasteiger partial charge in [0.15, 0.2) is 0 Å². The zero-order valence-electron chi connectivity index (χ0n) is 15.1. The lowest BCUT2D eigenvalue weighted by Crippen LogP contribution is -2.14. The van der Waals surface area contributed by atoms with Gasteiger partial charge in [0.2, 0.25) is 5.91 Å². The number of anilines is 4. The van der Waals surface area contributed by atoms with Crippen molar-refractivity contribution in [3.63, 3.8) is 0 Å². The molecule has 27 heavy (non-hydrogen) atoms. The number of benzene rings is 2. The van der Waals surface area contributed by atoms with Gasteiger partial charge in [0.25, 0.3) is 5.91 Å². The first-order chi connectivity index (χ1) is 13.0. The molecule has 0 saturated carbocycles. The van der Waals surface area contributed by atoms with Crippen LogP contribution in [0.25, 0.3) is 0 Å². The number of nitrogens with one attached hydrogen (secondary N) is 3. The maximum absolute atomic E-state index is 12.5. The lowest BCUT2D eigenvalue weighted by atomic mass is 10.2. The Morgan fingerprint density at radius 3 is 2.19 bits per heavy atom. The van der Waals surface area contributed by atoms with Crippen molar-refractivity contribution >= 4 is 34.6 Å². The average molecular weight is 360 g/mol. The highest BCUT2D eigenvalue weighted by Crippen LogP contribution is 2.21. The van der Waals surface area contributed by atoms with Gasteiger partial charge in [0.1, 0.15) is 5.69 Å². The molecular formula is C21H20N4O2. The molecule has 0 saturated heterocycles. The van der Waals surface area contributed by atoms with Crippen LogP contribution in [0.15, 0.2) is 66.9 Å². The van der Waals surface area contributed by atoms with Crippen molar-refractivity contribution in [1.29, 1.82) is 0 Å². The van der Waals surface area contributed by atoms with Crippen LogP contribution in [-0.4, -0.2) is 16.8 Å². The van der Waals surface area contributed by atoms with Crippen LogP contribution in [0.1, 0.15) is 23.0 Å².